The van der Waals surface area contributed by atoms with E-state index in [4.69, 9.17) is 39.5 Å². The number of ether oxygens (including phenoxy) is 1. The molecule has 0 aliphatic rings. The number of Topliss-reactive ketones (excluding diaryl/α,β-unsaturated/α-hetero) is 4. The van der Waals surface area contributed by atoms with Gasteiger partial charge < -0.3 is 14.9 Å². The van der Waals surface area contributed by atoms with E-state index in [1.165, 1.54) is 23.8 Å². The Bertz CT molecular complexity index is 4590. The van der Waals surface area contributed by atoms with E-state index < -0.39 is 5.82 Å². The van der Waals surface area contributed by atoms with Crippen molar-refractivity contribution in [1.29, 1.82) is 0 Å². The molecule has 12 rings (SSSR count). The third kappa shape index (κ3) is 22.1. The van der Waals surface area contributed by atoms with Crippen LogP contribution in [0.5, 0.6) is 5.75 Å². The van der Waals surface area contributed by atoms with Gasteiger partial charge in [0.1, 0.15) is 34.7 Å². The molecule has 98 heavy (non-hydrogen) atoms. The summed E-state index contributed by atoms with van der Waals surface area (Å²) in [6.45, 7) is -0.209. The van der Waals surface area contributed by atoms with Gasteiger partial charge in [0.05, 0.1) is 20.3 Å². The maximum Gasteiger partial charge on any atom is 0.141 e. The standard InChI is InChI=1S/C21H17ClFNO2.C21H18ClNO2.C21H17ClO.C21H19NO2/c22-21-4-2-18(23)11-16(21)12-19(26)10-14-1-3-20(17(9-14)13-25)15-5-7-24-8-6-15;22-21-4-2-1-3-17(21)13-19(25)12-15-5-6-20(18(11-15)14-24)16-7-9-23-10-8-16;22-21-9-5-4-8-19(21)15-20(23)14-16-10-12-18(13-11-16)17-6-2-1-3-7-17;1-24-21-4-2-3-17(15-21)14-20(23)13-16-5-7-18(8-6-16)19-9-11-22-12-10-19/h1-9,11,25H,10,12-13H2;1-11,24H,12-14H2;1-13H,14-15H2;2-12,15H,13-14H2,1H3. The monoisotopic (exact) mass is 1360 g/mol. The summed E-state index contributed by atoms with van der Waals surface area (Å²) < 4.78 is 18.5. The summed E-state index contributed by atoms with van der Waals surface area (Å²) in [5.74, 6) is 0.751. The average molecular weight is 1360 g/mol. The smallest absolute Gasteiger partial charge is 0.141 e. The highest BCUT2D eigenvalue weighted by molar-refractivity contribution is 6.32. The van der Waals surface area contributed by atoms with Gasteiger partial charge in [-0.2, -0.15) is 0 Å². The SMILES string of the molecule is COc1cccc(CC(=O)Cc2ccc(-c3ccncc3)cc2)c1.O=C(Cc1ccc(-c2ccccc2)cc1)Cc1ccccc1Cl.O=C(Cc1ccc(-c2ccncc2)c(CO)c1)Cc1cc(F)ccc1Cl.O=C(Cc1ccc(-c2ccncc2)c(CO)c1)Cc1ccccc1Cl. The molecule has 10 nitrogen and oxygen atoms in total. The van der Waals surface area contributed by atoms with Gasteiger partial charge in [0.25, 0.3) is 0 Å². The molecular formula is C84H71Cl3FN3O7. The van der Waals surface area contributed by atoms with Gasteiger partial charge in [-0.05, 0) is 179 Å². The lowest BCUT2D eigenvalue weighted by Gasteiger charge is -2.10. The molecule has 0 saturated heterocycles. The zero-order valence-corrected chi connectivity index (χ0v) is 56.2. The zero-order chi connectivity index (χ0) is 69.0. The van der Waals surface area contributed by atoms with Crippen molar-refractivity contribution in [2.24, 2.45) is 0 Å². The van der Waals surface area contributed by atoms with E-state index in [1.807, 2.05) is 194 Å². The van der Waals surface area contributed by atoms with Crippen LogP contribution in [0.3, 0.4) is 0 Å². The molecule has 0 atom stereocenters. The summed E-state index contributed by atoms with van der Waals surface area (Å²) >= 11 is 18.2. The Morgan fingerprint density at radius 2 is 0.684 bits per heavy atom. The van der Waals surface area contributed by atoms with Crippen molar-refractivity contribution < 1.29 is 38.5 Å². The molecule has 0 unspecified atom stereocenters. The predicted molar refractivity (Wildman–Crippen MR) is 390 cm³/mol. The number of benzene rings is 9. The van der Waals surface area contributed by atoms with Crippen molar-refractivity contribution in [3.8, 4) is 50.3 Å². The minimum Gasteiger partial charge on any atom is -0.497 e. The van der Waals surface area contributed by atoms with Gasteiger partial charge in [-0.25, -0.2) is 4.39 Å². The lowest BCUT2D eigenvalue weighted by molar-refractivity contribution is -0.118. The highest BCUT2D eigenvalue weighted by atomic mass is 35.5. The van der Waals surface area contributed by atoms with Crippen LogP contribution in [0.1, 0.15) is 55.6 Å². The van der Waals surface area contributed by atoms with Crippen molar-refractivity contribution in [1.82, 2.24) is 15.0 Å². The second kappa shape index (κ2) is 37.2. The molecule has 492 valence electrons. The molecule has 0 radical (unpaired) electrons. The van der Waals surface area contributed by atoms with Crippen LogP contribution in [0.4, 0.5) is 4.39 Å². The normalized spacial score (nSPS) is 10.6. The molecule has 3 heterocycles. The minimum absolute atomic E-state index is 0.0666. The van der Waals surface area contributed by atoms with Crippen molar-refractivity contribution in [2.45, 2.75) is 64.6 Å². The quantitative estimate of drug-likeness (QED) is 0.0632. The number of carbonyl (C=O) groups is 4. The van der Waals surface area contributed by atoms with Gasteiger partial charge >= 0.3 is 0 Å². The fourth-order valence-electron chi connectivity index (χ4n) is 11.0. The predicted octanol–water partition coefficient (Wildman–Crippen LogP) is 18.1. The molecule has 0 bridgehead atoms. The third-order valence-electron chi connectivity index (χ3n) is 15.9. The van der Waals surface area contributed by atoms with Crippen LogP contribution in [0.2, 0.25) is 15.1 Å². The molecule has 0 aliphatic carbocycles. The molecule has 0 amide bonds. The number of halogens is 4. The number of hydrogen-bond donors (Lipinski definition) is 2. The number of nitrogens with zero attached hydrogens (tertiary/aromatic N) is 3. The van der Waals surface area contributed by atoms with E-state index in [1.54, 1.807) is 50.4 Å². The van der Waals surface area contributed by atoms with Gasteiger partial charge in [0.15, 0.2) is 0 Å². The lowest BCUT2D eigenvalue weighted by atomic mass is 9.95. The summed E-state index contributed by atoms with van der Waals surface area (Å²) in [7, 11) is 1.63. The van der Waals surface area contributed by atoms with Crippen LogP contribution in [0.15, 0.2) is 280 Å². The van der Waals surface area contributed by atoms with E-state index in [9.17, 15) is 33.8 Å². The molecular weight excluding hydrogens is 1290 g/mol. The topological polar surface area (TPSA) is 157 Å². The first kappa shape index (κ1) is 71.9. The second-order valence-electron chi connectivity index (χ2n) is 23.1. The number of carbonyl (C=O) groups excluding carboxylic acids is 4. The van der Waals surface area contributed by atoms with Crippen LogP contribution in [0.25, 0.3) is 44.5 Å². The van der Waals surface area contributed by atoms with Crippen LogP contribution in [-0.4, -0.2) is 55.4 Å². The van der Waals surface area contributed by atoms with E-state index >= 15 is 0 Å². The number of aliphatic hydroxyl groups excluding tert-OH is 2. The van der Waals surface area contributed by atoms with E-state index in [-0.39, 0.29) is 49.2 Å². The molecule has 3 aromatic heterocycles. The number of ketones is 4. The fraction of sp³-hybridized carbons (Fsp3) is 0.131. The minimum atomic E-state index is -0.415. The summed E-state index contributed by atoms with van der Waals surface area (Å²) in [6, 6.07) is 75.8. The maximum atomic E-state index is 13.3. The maximum absolute atomic E-state index is 13.3. The Morgan fingerprint density at radius 3 is 1.12 bits per heavy atom. The van der Waals surface area contributed by atoms with Gasteiger partial charge in [-0.15, -0.1) is 0 Å². The Hall–Kier alpha value is -10.4. The lowest BCUT2D eigenvalue weighted by Crippen LogP contribution is -2.08. The van der Waals surface area contributed by atoms with Crippen molar-refractivity contribution in [3.63, 3.8) is 0 Å². The third-order valence-corrected chi connectivity index (χ3v) is 17.0. The molecule has 2 N–H and O–H groups in total. The van der Waals surface area contributed by atoms with Crippen LogP contribution < -0.4 is 4.74 Å². The molecule has 9 aromatic carbocycles. The largest absolute Gasteiger partial charge is 0.497 e. The number of rotatable bonds is 23. The number of pyridine rings is 3. The van der Waals surface area contributed by atoms with Gasteiger partial charge in [-0.3, -0.25) is 34.1 Å². The second-order valence-corrected chi connectivity index (χ2v) is 24.3. The van der Waals surface area contributed by atoms with Gasteiger partial charge in [0.2, 0.25) is 0 Å². The first-order chi connectivity index (χ1) is 47.7. The molecule has 0 fully saturated rings. The number of aromatic nitrogens is 3. The highest BCUT2D eigenvalue weighted by Crippen LogP contribution is 2.29. The van der Waals surface area contributed by atoms with Crippen molar-refractivity contribution in [2.75, 3.05) is 7.11 Å². The highest BCUT2D eigenvalue weighted by Gasteiger charge is 2.15. The van der Waals surface area contributed by atoms with E-state index in [0.717, 1.165) is 94.8 Å². The summed E-state index contributed by atoms with van der Waals surface area (Å²) in [6.07, 6.45) is 12.9. The molecule has 0 spiro atoms. The first-order valence-corrected chi connectivity index (χ1v) is 32.8. The Balaban J connectivity index is 0.000000153. The van der Waals surface area contributed by atoms with Crippen LogP contribution >= 0.6 is 34.8 Å². The van der Waals surface area contributed by atoms with E-state index in [2.05, 4.69) is 39.2 Å². The van der Waals surface area contributed by atoms with Crippen LogP contribution in [-0.2, 0) is 83.8 Å². The average Bonchev–Trinajstić information content (AvgIpc) is 0.851. The number of aliphatic hydroxyl groups is 2. The fourth-order valence-corrected chi connectivity index (χ4v) is 11.6. The van der Waals surface area contributed by atoms with Gasteiger partial charge in [0, 0.05) is 104 Å². The summed E-state index contributed by atoms with van der Waals surface area (Å²) in [4.78, 5) is 61.3. The summed E-state index contributed by atoms with van der Waals surface area (Å²) in [5, 5.41) is 21.0. The zero-order valence-electron chi connectivity index (χ0n) is 53.9. The molecule has 12 aromatic rings. The molecule has 14 heteroatoms. The van der Waals surface area contributed by atoms with E-state index in [0.29, 0.717) is 59.2 Å². The molecule has 0 aliphatic heterocycles. The van der Waals surface area contributed by atoms with Crippen LogP contribution in [0, 0.1) is 5.82 Å². The number of hydrogen-bond acceptors (Lipinski definition) is 10. The Kier molecular flexibility index (Phi) is 27.3. The first-order valence-electron chi connectivity index (χ1n) is 31.7. The van der Waals surface area contributed by atoms with Crippen molar-refractivity contribution in [3.05, 3.63) is 356 Å². The Labute approximate surface area is 586 Å². The van der Waals surface area contributed by atoms with Crippen molar-refractivity contribution >= 4 is 57.9 Å². The molecule has 0 saturated carbocycles. The van der Waals surface area contributed by atoms with Gasteiger partial charge in [-0.1, -0.05) is 199 Å². The summed E-state index contributed by atoms with van der Waals surface area (Å²) in [5.41, 5.74) is 16.9. The Morgan fingerprint density at radius 1 is 0.327 bits per heavy atom. The number of methoxy groups -OCH3 is 1.